The summed E-state index contributed by atoms with van der Waals surface area (Å²) in [7, 11) is 3.79. The van der Waals surface area contributed by atoms with E-state index in [0.29, 0.717) is 94.3 Å². The number of fused-ring (bicyclic) bond motifs is 2. The number of likely N-dealkylation sites (tertiary alicyclic amines) is 1. The third kappa shape index (κ3) is 10.1. The smallest absolute Gasteiger partial charge is 0.236 e. The molecule has 74 heavy (non-hydrogen) atoms. The highest BCUT2D eigenvalue weighted by Crippen LogP contribution is 2.41. The monoisotopic (exact) mass is 1040 g/mol. The van der Waals surface area contributed by atoms with Crippen molar-refractivity contribution < 1.29 is 21.4 Å². The number of aliphatic hydroxyl groups is 1. The van der Waals surface area contributed by atoms with Gasteiger partial charge in [-0.2, -0.15) is 20.7 Å². The minimum Gasteiger partial charge on any atom is -0.389 e. The molecule has 11 rings (SSSR count). The molecule has 8 aromatic rings. The number of benzene rings is 2. The minimum absolute atomic E-state index is 0.0481. The molecule has 17 nitrogen and oxygen atoms in total. The first-order chi connectivity index (χ1) is 36.7. The van der Waals surface area contributed by atoms with Gasteiger partial charge in [-0.25, -0.2) is 27.8 Å². The predicted molar refractivity (Wildman–Crippen MR) is 286 cm³/mol. The number of nitrogens with zero attached hydrogens (tertiary/aromatic N) is 14. The van der Waals surface area contributed by atoms with E-state index in [-0.39, 0.29) is 23.7 Å². The molecule has 0 bridgehead atoms. The second kappa shape index (κ2) is 21.5. The standard InChI is InChI=1S/C29H31FN8O2S.C24H24FN7S/c1-3-23-28(34(2)29-32-27(25(15-31)41-29)19-4-6-20(30)7-5-19)24-14-21(8-9-38(24)33-23)36-12-10-35(11-13-36)18-26(40)37-16-22(39)17-37;1-3-19-23(20-14-18(8-11-32(20)29-19)31-12-9-27-10-13-31)30(2)24-28-22(21(15-26)33-24)16-4-6-17(25)7-5-16/h4-9,14,22,39H,3,10-13,16-18H2,1-2H3;4-8,11,14,27H,3,9-10,12-13H2,1-2H3/i9D;11D. The summed E-state index contributed by atoms with van der Waals surface area (Å²) in [6, 6.07) is 24.2. The highest BCUT2D eigenvalue weighted by Gasteiger charge is 2.31. The molecule has 380 valence electrons. The first-order valence-corrected chi connectivity index (χ1v) is 26.1. The molecule has 3 aliphatic rings. The summed E-state index contributed by atoms with van der Waals surface area (Å²) in [6.07, 6.45) is 1.50. The second-order valence-corrected chi connectivity index (χ2v) is 20.2. The van der Waals surface area contributed by atoms with Gasteiger partial charge in [0.15, 0.2) is 10.3 Å². The van der Waals surface area contributed by atoms with Gasteiger partial charge in [0.25, 0.3) is 0 Å². The molecule has 0 spiro atoms. The molecule has 0 atom stereocenters. The summed E-state index contributed by atoms with van der Waals surface area (Å²) in [5.41, 5.74) is 9.25. The fourth-order valence-electron chi connectivity index (χ4n) is 9.48. The summed E-state index contributed by atoms with van der Waals surface area (Å²) >= 11 is 2.54. The lowest BCUT2D eigenvalue weighted by molar-refractivity contribution is -0.142. The molecule has 9 heterocycles. The molecule has 0 radical (unpaired) electrons. The quantitative estimate of drug-likeness (QED) is 0.124. The molecular weight excluding hydrogens is 981 g/mol. The largest absolute Gasteiger partial charge is 0.389 e. The Hall–Kier alpha value is -7.53. The zero-order chi connectivity index (χ0) is 53.4. The number of rotatable bonds is 12. The Morgan fingerprint density at radius 1 is 0.730 bits per heavy atom. The van der Waals surface area contributed by atoms with Crippen molar-refractivity contribution in [3.05, 3.63) is 118 Å². The fraction of sp³-hybridized carbons (Fsp3) is 0.340. The average Bonchev–Trinajstić information content (AvgIpc) is 4.29. The Bertz CT molecular complexity index is 3510. The van der Waals surface area contributed by atoms with Gasteiger partial charge in [0.1, 0.15) is 44.9 Å². The van der Waals surface area contributed by atoms with Gasteiger partial charge in [-0.1, -0.05) is 36.5 Å². The van der Waals surface area contributed by atoms with Crippen LogP contribution in [0.15, 0.2) is 85.1 Å². The molecule has 0 unspecified atom stereocenters. The molecule has 3 fully saturated rings. The van der Waals surface area contributed by atoms with Crippen LogP contribution in [-0.4, -0.2) is 142 Å². The summed E-state index contributed by atoms with van der Waals surface area (Å²) in [4.78, 5) is 35.0. The molecule has 21 heteroatoms. The number of aryl methyl sites for hydroxylation is 2. The van der Waals surface area contributed by atoms with Crippen LogP contribution in [0.25, 0.3) is 33.5 Å². The molecular formula is C53H55F2N15O2S2. The zero-order valence-corrected chi connectivity index (χ0v) is 43.0. The van der Waals surface area contributed by atoms with E-state index in [2.05, 4.69) is 38.2 Å². The number of thiazole rings is 2. The Balaban J connectivity index is 0.000000177. The van der Waals surface area contributed by atoms with Crippen LogP contribution in [0.1, 0.15) is 37.7 Å². The van der Waals surface area contributed by atoms with Crippen LogP contribution in [-0.2, 0) is 17.6 Å². The number of piperazine rings is 2. The molecule has 2 aromatic carbocycles. The maximum absolute atomic E-state index is 13.5. The molecule has 1 amide bonds. The van der Waals surface area contributed by atoms with Crippen molar-refractivity contribution >= 4 is 72.6 Å². The summed E-state index contributed by atoms with van der Waals surface area (Å²) in [5, 5.41) is 43.1. The van der Waals surface area contributed by atoms with Crippen molar-refractivity contribution in [2.24, 2.45) is 0 Å². The van der Waals surface area contributed by atoms with Gasteiger partial charge < -0.3 is 34.9 Å². The minimum atomic E-state index is -0.402. The number of amides is 1. The Morgan fingerprint density at radius 2 is 1.18 bits per heavy atom. The zero-order valence-electron chi connectivity index (χ0n) is 43.4. The Morgan fingerprint density at radius 3 is 1.59 bits per heavy atom. The van der Waals surface area contributed by atoms with Gasteiger partial charge in [0, 0.05) is 114 Å². The van der Waals surface area contributed by atoms with Crippen molar-refractivity contribution in [1.82, 2.24) is 44.3 Å². The molecule has 2 N–H and O–H groups in total. The fourth-order valence-corrected chi connectivity index (χ4v) is 11.2. The number of β-amino-alcohol motifs (C(OH)–C–C–N with tert-alkyl or cyclic N) is 1. The van der Waals surface area contributed by atoms with Crippen LogP contribution >= 0.6 is 22.7 Å². The third-order valence-electron chi connectivity index (χ3n) is 13.5. The van der Waals surface area contributed by atoms with E-state index < -0.39 is 6.10 Å². The number of carbonyl (C=O) groups is 1. The van der Waals surface area contributed by atoms with E-state index in [9.17, 15) is 29.2 Å². The topological polar surface area (TPSA) is 177 Å². The van der Waals surface area contributed by atoms with Crippen molar-refractivity contribution in [3.8, 4) is 34.7 Å². The Labute approximate surface area is 438 Å². The third-order valence-corrected chi connectivity index (χ3v) is 15.6. The molecule has 0 aliphatic carbocycles. The molecule has 6 aromatic heterocycles. The van der Waals surface area contributed by atoms with Crippen LogP contribution in [0.3, 0.4) is 0 Å². The number of nitrogens with one attached hydrogen (secondary N) is 1. The van der Waals surface area contributed by atoms with Crippen LogP contribution in [0, 0.1) is 34.3 Å². The first kappa shape index (κ1) is 47.5. The van der Waals surface area contributed by atoms with Gasteiger partial charge in [0.2, 0.25) is 5.91 Å². The number of anilines is 6. The van der Waals surface area contributed by atoms with Crippen molar-refractivity contribution in [2.45, 2.75) is 32.8 Å². The summed E-state index contributed by atoms with van der Waals surface area (Å²) in [6.45, 7) is 11.7. The first-order valence-electron chi connectivity index (χ1n) is 25.5. The Kier molecular flexibility index (Phi) is 13.8. The number of hydrogen-bond acceptors (Lipinski definition) is 16. The van der Waals surface area contributed by atoms with Gasteiger partial charge in [0.05, 0.1) is 49.2 Å². The summed E-state index contributed by atoms with van der Waals surface area (Å²) in [5.74, 6) is -0.639. The molecule has 3 aliphatic heterocycles. The number of halogens is 2. The maximum Gasteiger partial charge on any atom is 0.236 e. The highest BCUT2D eigenvalue weighted by molar-refractivity contribution is 7.17. The number of hydrogen-bond donors (Lipinski definition) is 2. The number of aromatic nitrogens is 6. The van der Waals surface area contributed by atoms with E-state index in [4.69, 9.17) is 22.9 Å². The van der Waals surface area contributed by atoms with Gasteiger partial charge >= 0.3 is 0 Å². The maximum atomic E-state index is 13.5. The number of nitriles is 2. The summed E-state index contributed by atoms with van der Waals surface area (Å²) < 4.78 is 47.6. The predicted octanol–water partition coefficient (Wildman–Crippen LogP) is 7.33. The van der Waals surface area contributed by atoms with E-state index >= 15 is 0 Å². The van der Waals surface area contributed by atoms with Crippen LogP contribution in [0.2, 0.25) is 0 Å². The SMILES string of the molecule is [2H]c1cc(N2CCN(CC(=O)N3CC(O)C3)CC2)cc2c(N(C)c3nc(-c4ccc(F)cc4)c(C#N)s3)c(CC)nn12.[2H]c1cc(N2CCNCC2)cc2c(N(C)c3nc(-c4ccc(F)cc4)c(C#N)s3)c(CC)nn12. The number of pyridine rings is 2. The van der Waals surface area contributed by atoms with Crippen LogP contribution in [0.4, 0.5) is 41.8 Å². The van der Waals surface area contributed by atoms with Gasteiger partial charge in [-0.3, -0.25) is 9.69 Å². The van der Waals surface area contributed by atoms with E-state index in [0.717, 1.165) is 84.4 Å². The molecule has 3 saturated heterocycles. The lowest BCUT2D eigenvalue weighted by atomic mass is 10.1. The second-order valence-electron chi connectivity index (χ2n) is 18.2. The van der Waals surface area contributed by atoms with Crippen molar-refractivity contribution in [1.29, 1.82) is 10.5 Å². The average molecular weight is 1040 g/mol. The van der Waals surface area contributed by atoms with Crippen LogP contribution < -0.4 is 24.9 Å². The normalized spacial score (nSPS) is 15.6. The van der Waals surface area contributed by atoms with Crippen molar-refractivity contribution in [2.75, 3.05) is 106 Å². The molecule has 0 saturated carbocycles. The van der Waals surface area contributed by atoms with Gasteiger partial charge in [-0.15, -0.1) is 0 Å². The van der Waals surface area contributed by atoms with E-state index in [1.807, 2.05) is 55.9 Å². The van der Waals surface area contributed by atoms with E-state index in [1.54, 1.807) is 38.2 Å². The lowest BCUT2D eigenvalue weighted by Crippen LogP contribution is -2.57. The number of carbonyl (C=O) groups excluding carboxylic acids is 1. The highest BCUT2D eigenvalue weighted by atomic mass is 32.1. The van der Waals surface area contributed by atoms with Crippen molar-refractivity contribution in [3.63, 3.8) is 0 Å². The lowest BCUT2D eigenvalue weighted by Gasteiger charge is -2.39. The van der Waals surface area contributed by atoms with Gasteiger partial charge in [-0.05, 0) is 85.6 Å². The van der Waals surface area contributed by atoms with E-state index in [1.165, 1.54) is 46.9 Å². The van der Waals surface area contributed by atoms with Crippen LogP contribution in [0.5, 0.6) is 0 Å². The number of aliphatic hydroxyl groups excluding tert-OH is 1.